The molecule has 2 aromatic rings. The van der Waals surface area contributed by atoms with Crippen molar-refractivity contribution in [3.63, 3.8) is 0 Å². The van der Waals surface area contributed by atoms with E-state index in [0.29, 0.717) is 0 Å². The van der Waals surface area contributed by atoms with Crippen LogP contribution in [0.3, 0.4) is 0 Å². The van der Waals surface area contributed by atoms with Crippen LogP contribution in [0.5, 0.6) is 0 Å². The molecule has 19 heavy (non-hydrogen) atoms. The first kappa shape index (κ1) is 12.7. The summed E-state index contributed by atoms with van der Waals surface area (Å²) in [6.45, 7) is 6.65. The Balaban J connectivity index is 2.06. The Morgan fingerprint density at radius 1 is 1.47 bits per heavy atom. The fraction of sp³-hybridized carbons (Fsp3) is 0.571. The van der Waals surface area contributed by atoms with Crippen molar-refractivity contribution in [1.29, 1.82) is 0 Å². The number of hydrogen-bond donors (Lipinski definition) is 1. The smallest absolute Gasteiger partial charge is 0.225 e. The normalized spacial score (nSPS) is 19.3. The number of thiophene rings is 1. The molecule has 0 aromatic carbocycles. The van der Waals surface area contributed by atoms with E-state index in [4.69, 9.17) is 4.98 Å². The molecule has 1 aliphatic heterocycles. The van der Waals surface area contributed by atoms with Crippen molar-refractivity contribution in [3.8, 4) is 0 Å². The van der Waals surface area contributed by atoms with Crippen molar-refractivity contribution in [2.24, 2.45) is 5.92 Å². The van der Waals surface area contributed by atoms with Gasteiger partial charge in [0.15, 0.2) is 0 Å². The number of aryl methyl sites for hydroxylation is 1. The standard InChI is InChI=1S/C14H20N4S/c1-4-10-5-6-18(8-10)12-11-7-9(2)19-13(11)17-14(15-3)16-12/h7,10H,4-6,8H2,1-3H3,(H,15,16,17). The number of rotatable bonds is 3. The fourth-order valence-corrected chi connectivity index (χ4v) is 3.61. The van der Waals surface area contributed by atoms with E-state index in [0.717, 1.165) is 35.6 Å². The zero-order valence-electron chi connectivity index (χ0n) is 11.7. The highest BCUT2D eigenvalue weighted by Crippen LogP contribution is 2.34. The van der Waals surface area contributed by atoms with Gasteiger partial charge in [0.1, 0.15) is 10.6 Å². The van der Waals surface area contributed by atoms with Gasteiger partial charge in [-0.15, -0.1) is 11.3 Å². The zero-order chi connectivity index (χ0) is 13.4. The van der Waals surface area contributed by atoms with Gasteiger partial charge in [-0.05, 0) is 25.3 Å². The summed E-state index contributed by atoms with van der Waals surface area (Å²) in [5.41, 5.74) is 0. The minimum absolute atomic E-state index is 0.726. The summed E-state index contributed by atoms with van der Waals surface area (Å²) < 4.78 is 0. The van der Waals surface area contributed by atoms with Crippen LogP contribution in [0.15, 0.2) is 6.07 Å². The maximum atomic E-state index is 4.69. The molecule has 0 radical (unpaired) electrons. The largest absolute Gasteiger partial charge is 0.357 e. The van der Waals surface area contributed by atoms with Crippen LogP contribution < -0.4 is 10.2 Å². The predicted octanol–water partition coefficient (Wildman–Crippen LogP) is 3.28. The van der Waals surface area contributed by atoms with Gasteiger partial charge >= 0.3 is 0 Å². The maximum Gasteiger partial charge on any atom is 0.225 e. The summed E-state index contributed by atoms with van der Waals surface area (Å²) >= 11 is 1.74. The number of nitrogens with one attached hydrogen (secondary N) is 1. The Morgan fingerprint density at radius 2 is 2.32 bits per heavy atom. The molecule has 1 saturated heterocycles. The first-order valence-electron chi connectivity index (χ1n) is 6.92. The Morgan fingerprint density at radius 3 is 3.00 bits per heavy atom. The lowest BCUT2D eigenvalue weighted by molar-refractivity contribution is 0.569. The lowest BCUT2D eigenvalue weighted by Crippen LogP contribution is -2.21. The average molecular weight is 276 g/mol. The number of fused-ring (bicyclic) bond motifs is 1. The van der Waals surface area contributed by atoms with Crippen LogP contribution in [0.4, 0.5) is 11.8 Å². The topological polar surface area (TPSA) is 41.1 Å². The van der Waals surface area contributed by atoms with E-state index in [2.05, 4.69) is 35.1 Å². The number of hydrogen-bond acceptors (Lipinski definition) is 5. The molecule has 0 bridgehead atoms. The summed E-state index contributed by atoms with van der Waals surface area (Å²) in [5.74, 6) is 2.64. The molecule has 0 saturated carbocycles. The Kier molecular flexibility index (Phi) is 3.31. The lowest BCUT2D eigenvalue weighted by atomic mass is 10.1. The Hall–Kier alpha value is -1.36. The third kappa shape index (κ3) is 2.27. The highest BCUT2D eigenvalue weighted by atomic mass is 32.1. The van der Waals surface area contributed by atoms with Crippen molar-refractivity contribution < 1.29 is 0 Å². The van der Waals surface area contributed by atoms with Crippen LogP contribution in [-0.2, 0) is 0 Å². The molecule has 1 unspecified atom stereocenters. The molecule has 3 rings (SSSR count). The quantitative estimate of drug-likeness (QED) is 0.934. The van der Waals surface area contributed by atoms with E-state index in [-0.39, 0.29) is 0 Å². The zero-order valence-corrected chi connectivity index (χ0v) is 12.5. The number of aromatic nitrogens is 2. The van der Waals surface area contributed by atoms with E-state index < -0.39 is 0 Å². The van der Waals surface area contributed by atoms with Gasteiger partial charge in [-0.25, -0.2) is 4.98 Å². The summed E-state index contributed by atoms with van der Waals surface area (Å²) in [6, 6.07) is 2.22. The number of nitrogens with zero attached hydrogens (tertiary/aromatic N) is 3. The second-order valence-electron chi connectivity index (χ2n) is 5.21. The van der Waals surface area contributed by atoms with Crippen LogP contribution in [-0.4, -0.2) is 30.1 Å². The first-order valence-corrected chi connectivity index (χ1v) is 7.73. The van der Waals surface area contributed by atoms with E-state index in [1.165, 1.54) is 23.1 Å². The minimum Gasteiger partial charge on any atom is -0.357 e. The average Bonchev–Trinajstić information content (AvgIpc) is 3.02. The van der Waals surface area contributed by atoms with Gasteiger partial charge in [0.2, 0.25) is 5.95 Å². The van der Waals surface area contributed by atoms with Crippen LogP contribution in [0.1, 0.15) is 24.6 Å². The van der Waals surface area contributed by atoms with Gasteiger partial charge in [0.05, 0.1) is 5.39 Å². The molecule has 1 aliphatic rings. The highest BCUT2D eigenvalue weighted by molar-refractivity contribution is 7.18. The second kappa shape index (κ2) is 4.96. The van der Waals surface area contributed by atoms with Gasteiger partial charge < -0.3 is 10.2 Å². The van der Waals surface area contributed by atoms with Gasteiger partial charge in [-0.1, -0.05) is 13.3 Å². The molecule has 3 heterocycles. The SMILES string of the molecule is CCC1CCN(c2nc(NC)nc3sc(C)cc23)C1. The third-order valence-electron chi connectivity index (χ3n) is 3.88. The van der Waals surface area contributed by atoms with Crippen molar-refractivity contribution in [1.82, 2.24) is 9.97 Å². The van der Waals surface area contributed by atoms with Crippen molar-refractivity contribution in [2.75, 3.05) is 30.4 Å². The molecule has 1 atom stereocenters. The van der Waals surface area contributed by atoms with E-state index in [9.17, 15) is 0 Å². The first-order chi connectivity index (χ1) is 9.21. The van der Waals surface area contributed by atoms with Gasteiger partial charge in [0.25, 0.3) is 0 Å². The second-order valence-corrected chi connectivity index (χ2v) is 6.44. The molecule has 1 fully saturated rings. The van der Waals surface area contributed by atoms with Gasteiger partial charge in [-0.3, -0.25) is 0 Å². The fourth-order valence-electron chi connectivity index (χ4n) is 2.74. The van der Waals surface area contributed by atoms with Crippen LogP contribution >= 0.6 is 11.3 Å². The summed E-state index contributed by atoms with van der Waals surface area (Å²) in [4.78, 5) is 14.1. The monoisotopic (exact) mass is 276 g/mol. The molecule has 2 aromatic heterocycles. The lowest BCUT2D eigenvalue weighted by Gasteiger charge is -2.18. The highest BCUT2D eigenvalue weighted by Gasteiger charge is 2.24. The summed E-state index contributed by atoms with van der Waals surface area (Å²) in [6.07, 6.45) is 2.53. The maximum absolute atomic E-state index is 4.69. The van der Waals surface area contributed by atoms with E-state index in [1.807, 2.05) is 7.05 Å². The summed E-state index contributed by atoms with van der Waals surface area (Å²) in [5, 5.41) is 4.28. The third-order valence-corrected chi connectivity index (χ3v) is 4.83. The van der Waals surface area contributed by atoms with Crippen molar-refractivity contribution >= 4 is 33.3 Å². The van der Waals surface area contributed by atoms with Gasteiger partial charge in [-0.2, -0.15) is 4.98 Å². The molecule has 5 heteroatoms. The van der Waals surface area contributed by atoms with Crippen LogP contribution in [0, 0.1) is 12.8 Å². The molecule has 0 aliphatic carbocycles. The summed E-state index contributed by atoms with van der Waals surface area (Å²) in [7, 11) is 1.88. The van der Waals surface area contributed by atoms with Crippen molar-refractivity contribution in [3.05, 3.63) is 10.9 Å². The Bertz CT molecular complexity index is 592. The van der Waals surface area contributed by atoms with E-state index >= 15 is 0 Å². The minimum atomic E-state index is 0.726. The predicted molar refractivity (Wildman–Crippen MR) is 82.3 cm³/mol. The molecular formula is C14H20N4S. The van der Waals surface area contributed by atoms with Crippen LogP contribution in [0.25, 0.3) is 10.2 Å². The Labute approximate surface area is 117 Å². The van der Waals surface area contributed by atoms with Crippen LogP contribution in [0.2, 0.25) is 0 Å². The molecule has 102 valence electrons. The van der Waals surface area contributed by atoms with Crippen molar-refractivity contribution in [2.45, 2.75) is 26.7 Å². The molecule has 0 spiro atoms. The van der Waals surface area contributed by atoms with Gasteiger partial charge in [0, 0.05) is 25.0 Å². The number of anilines is 2. The molecule has 4 nitrogen and oxygen atoms in total. The van der Waals surface area contributed by atoms with E-state index in [1.54, 1.807) is 11.3 Å². The molecular weight excluding hydrogens is 256 g/mol. The molecule has 0 amide bonds. The molecule has 1 N–H and O–H groups in total.